The normalized spacial score (nSPS) is 15.6. The van der Waals surface area contributed by atoms with Crippen LogP contribution < -0.4 is 15.8 Å². The molecule has 0 saturated carbocycles. The molecule has 46 heavy (non-hydrogen) atoms. The molecular formula is C32H33F3N8O3. The number of nitrogens with one attached hydrogen (secondary N) is 1. The fraction of sp³-hybridized carbons (Fsp3) is 0.344. The van der Waals surface area contributed by atoms with Crippen molar-refractivity contribution in [3.8, 4) is 28.8 Å². The van der Waals surface area contributed by atoms with Crippen molar-refractivity contribution in [2.24, 2.45) is 0 Å². The van der Waals surface area contributed by atoms with Crippen molar-refractivity contribution >= 4 is 22.8 Å². The second-order valence-electron chi connectivity index (χ2n) is 11.4. The van der Waals surface area contributed by atoms with Crippen LogP contribution in [0.1, 0.15) is 32.7 Å². The van der Waals surface area contributed by atoms with Crippen molar-refractivity contribution in [2.45, 2.75) is 38.3 Å². The summed E-state index contributed by atoms with van der Waals surface area (Å²) in [7, 11) is 1.59. The van der Waals surface area contributed by atoms with Gasteiger partial charge in [-0.2, -0.15) is 14.8 Å². The minimum atomic E-state index is -1.19. The number of methoxy groups -OCH3 is 1. The molecule has 1 saturated heterocycles. The second kappa shape index (κ2) is 13.6. The molecule has 3 N–H and O–H groups in total. The summed E-state index contributed by atoms with van der Waals surface area (Å²) < 4.78 is 55.4. The Kier molecular flexibility index (Phi) is 9.54. The van der Waals surface area contributed by atoms with Crippen molar-refractivity contribution in [1.29, 1.82) is 5.26 Å². The van der Waals surface area contributed by atoms with E-state index >= 15 is 4.39 Å². The molecule has 3 heterocycles. The number of hydrogen-bond acceptors (Lipinski definition) is 9. The summed E-state index contributed by atoms with van der Waals surface area (Å²) in [6.07, 6.45) is 4.15. The molecule has 1 aliphatic heterocycles. The van der Waals surface area contributed by atoms with Gasteiger partial charge in [-0.1, -0.05) is 6.07 Å². The molecule has 0 unspecified atom stereocenters. The topological polar surface area (TPSA) is 144 Å². The number of nitrogens with two attached hydrogens (primary N) is 1. The fourth-order valence-electron chi connectivity index (χ4n) is 5.42. The van der Waals surface area contributed by atoms with Gasteiger partial charge in [0, 0.05) is 43.9 Å². The molecule has 0 spiro atoms. The Morgan fingerprint density at radius 1 is 1.22 bits per heavy atom. The van der Waals surface area contributed by atoms with E-state index in [-0.39, 0.29) is 41.0 Å². The molecular weight excluding hydrogens is 601 g/mol. The van der Waals surface area contributed by atoms with Gasteiger partial charge in [0.1, 0.15) is 41.0 Å². The summed E-state index contributed by atoms with van der Waals surface area (Å²) in [6, 6.07) is 8.96. The van der Waals surface area contributed by atoms with Crippen molar-refractivity contribution in [3.05, 3.63) is 71.8 Å². The van der Waals surface area contributed by atoms with E-state index in [1.807, 2.05) is 19.9 Å². The molecule has 0 aliphatic carbocycles. The van der Waals surface area contributed by atoms with Crippen molar-refractivity contribution < 1.29 is 27.4 Å². The third-order valence-corrected chi connectivity index (χ3v) is 7.63. The third kappa shape index (κ3) is 6.80. The van der Waals surface area contributed by atoms with Crippen molar-refractivity contribution in [3.63, 3.8) is 0 Å². The summed E-state index contributed by atoms with van der Waals surface area (Å²) in [5.74, 6) is -3.82. The first kappa shape index (κ1) is 32.4. The molecule has 240 valence electrons. The monoisotopic (exact) mass is 634 g/mol. The average molecular weight is 635 g/mol. The highest BCUT2D eigenvalue weighted by molar-refractivity contribution is 5.99. The number of nitrogens with zero attached hydrogens (tertiary/aromatic N) is 6. The van der Waals surface area contributed by atoms with Gasteiger partial charge >= 0.3 is 0 Å². The van der Waals surface area contributed by atoms with Crippen LogP contribution in [0.2, 0.25) is 0 Å². The van der Waals surface area contributed by atoms with Crippen LogP contribution in [-0.4, -0.2) is 69.4 Å². The number of nitrogen functional groups attached to an aromatic ring is 1. The fourth-order valence-corrected chi connectivity index (χ4v) is 5.42. The molecule has 1 atom stereocenters. The maximum Gasteiger partial charge on any atom is 0.264 e. The highest BCUT2D eigenvalue weighted by atomic mass is 19.2. The van der Waals surface area contributed by atoms with Gasteiger partial charge in [0.15, 0.2) is 17.2 Å². The average Bonchev–Trinajstić information content (AvgIpc) is 3.43. The molecule has 5 rings (SSSR count). The number of anilines is 1. The first-order valence-corrected chi connectivity index (χ1v) is 14.6. The number of aromatic nitrogens is 4. The minimum absolute atomic E-state index is 0.00986. The van der Waals surface area contributed by atoms with E-state index in [1.165, 1.54) is 30.6 Å². The van der Waals surface area contributed by atoms with Crippen LogP contribution in [0.5, 0.6) is 11.5 Å². The summed E-state index contributed by atoms with van der Waals surface area (Å²) in [5, 5.41) is 18.1. The Morgan fingerprint density at radius 3 is 2.76 bits per heavy atom. The van der Waals surface area contributed by atoms with Gasteiger partial charge in [0.05, 0.1) is 18.0 Å². The lowest BCUT2D eigenvalue weighted by molar-refractivity contribution is -0.128. The van der Waals surface area contributed by atoms with Crippen LogP contribution in [0.3, 0.4) is 0 Å². The van der Waals surface area contributed by atoms with Gasteiger partial charge in [-0.15, -0.1) is 0 Å². The number of carbonyl (C=O) groups is 1. The molecule has 14 heteroatoms. The zero-order valence-corrected chi connectivity index (χ0v) is 25.6. The van der Waals surface area contributed by atoms with Gasteiger partial charge < -0.3 is 25.4 Å². The van der Waals surface area contributed by atoms with Gasteiger partial charge in [0.2, 0.25) is 5.82 Å². The van der Waals surface area contributed by atoms with E-state index in [2.05, 4.69) is 15.3 Å². The lowest BCUT2D eigenvalue weighted by atomic mass is 9.99. The number of halogens is 3. The number of carbonyl (C=O) groups excluding carboxylic acids is 1. The largest absolute Gasteiger partial charge is 0.454 e. The van der Waals surface area contributed by atoms with Crippen LogP contribution in [-0.2, 0) is 9.53 Å². The molecule has 0 bridgehead atoms. The molecule has 0 radical (unpaired) electrons. The molecule has 1 aliphatic rings. The Morgan fingerprint density at radius 2 is 2.02 bits per heavy atom. The van der Waals surface area contributed by atoms with E-state index in [0.29, 0.717) is 43.6 Å². The summed E-state index contributed by atoms with van der Waals surface area (Å²) in [5.41, 5.74) is 6.18. The maximum absolute atomic E-state index is 15.6. The van der Waals surface area contributed by atoms with Gasteiger partial charge in [-0.05, 0) is 57.0 Å². The Balaban J connectivity index is 1.44. The summed E-state index contributed by atoms with van der Waals surface area (Å²) >= 11 is 0. The van der Waals surface area contributed by atoms with Crippen LogP contribution in [0, 0.1) is 28.8 Å². The molecule has 2 aromatic heterocycles. The zero-order valence-electron chi connectivity index (χ0n) is 25.6. The van der Waals surface area contributed by atoms with Crippen LogP contribution in [0.25, 0.3) is 22.3 Å². The molecule has 1 amide bonds. The number of likely N-dealkylation sites (tertiary alicyclic amines) is 1. The van der Waals surface area contributed by atoms with E-state index in [0.717, 1.165) is 12.1 Å². The van der Waals surface area contributed by atoms with E-state index in [9.17, 15) is 18.8 Å². The summed E-state index contributed by atoms with van der Waals surface area (Å²) in [4.78, 5) is 23.6. The number of amides is 1. The quantitative estimate of drug-likeness (QED) is 0.141. The molecule has 2 aromatic carbocycles. The first-order valence-electron chi connectivity index (χ1n) is 14.6. The number of piperidine rings is 1. The lowest BCUT2D eigenvalue weighted by Gasteiger charge is -2.33. The van der Waals surface area contributed by atoms with Crippen LogP contribution in [0.15, 0.2) is 54.4 Å². The van der Waals surface area contributed by atoms with E-state index < -0.39 is 34.6 Å². The minimum Gasteiger partial charge on any atom is -0.454 e. The van der Waals surface area contributed by atoms with Crippen LogP contribution in [0.4, 0.5) is 19.0 Å². The van der Waals surface area contributed by atoms with Crippen LogP contribution >= 0.6 is 0 Å². The highest BCUT2D eigenvalue weighted by Crippen LogP contribution is 2.37. The third-order valence-electron chi connectivity index (χ3n) is 7.63. The number of benzene rings is 2. The maximum atomic E-state index is 15.6. The number of rotatable bonds is 10. The molecule has 1 fully saturated rings. The number of nitriles is 1. The van der Waals surface area contributed by atoms with E-state index in [4.69, 9.17) is 20.3 Å². The molecule has 4 aromatic rings. The van der Waals surface area contributed by atoms with E-state index in [1.54, 1.807) is 22.8 Å². The number of hydrogen-bond donors (Lipinski definition) is 2. The number of ether oxygens (including phenoxy) is 2. The predicted octanol–water partition coefficient (Wildman–Crippen LogP) is 4.91. The predicted molar refractivity (Wildman–Crippen MR) is 164 cm³/mol. The molecule has 11 nitrogen and oxygen atoms in total. The lowest BCUT2D eigenvalue weighted by Crippen LogP contribution is -2.43. The van der Waals surface area contributed by atoms with Crippen molar-refractivity contribution in [1.82, 2.24) is 30.0 Å². The van der Waals surface area contributed by atoms with Gasteiger partial charge in [0.25, 0.3) is 5.91 Å². The van der Waals surface area contributed by atoms with Gasteiger partial charge in [-0.25, -0.2) is 23.4 Å². The first-order chi connectivity index (χ1) is 22.0. The number of fused-ring (bicyclic) bond motifs is 1. The van der Waals surface area contributed by atoms with Crippen molar-refractivity contribution in [2.75, 3.05) is 39.1 Å². The standard InChI is InChI=1S/C32H33F3N8O3/c1-32(2,40-11-13-45-3)15-19(16-36)31(44)42-12-5-6-20(17-42)43-30-26(29(37)38-18-39-30)28(41-43)22-10-9-21(14-24(22)34)46-25-8-4-7-23(33)27(25)35/h4,7-10,14-15,18,20,40H,5-6,11-13,17H2,1-3H3,(H2,37,38,39)/b19-15-/t20-/m1/s1. The zero-order chi connectivity index (χ0) is 33.0. The smallest absolute Gasteiger partial charge is 0.264 e. The van der Waals surface area contributed by atoms with Gasteiger partial charge in [-0.3, -0.25) is 4.79 Å². The highest BCUT2D eigenvalue weighted by Gasteiger charge is 2.31. The second-order valence-corrected chi connectivity index (χ2v) is 11.4. The Hall–Kier alpha value is -5.00. The summed E-state index contributed by atoms with van der Waals surface area (Å²) in [6.45, 7) is 5.42. The SMILES string of the molecule is COCCNC(C)(C)/C=C(/C#N)C(=O)N1CCC[C@@H](n2nc(-c3ccc(Oc4cccc(F)c4F)cc3F)c3c(N)ncnc32)C1. The Labute approximate surface area is 263 Å². The Bertz CT molecular complexity index is 1840.